The highest BCUT2D eigenvalue weighted by Gasteiger charge is 2.39. The molecule has 0 bridgehead atoms. The van der Waals surface area contributed by atoms with Crippen LogP contribution in [-0.2, 0) is 10.6 Å². The van der Waals surface area contributed by atoms with Gasteiger partial charge in [-0.3, -0.25) is 0 Å². The van der Waals surface area contributed by atoms with Gasteiger partial charge in [-0.25, -0.2) is 0 Å². The maximum absolute atomic E-state index is 13.1. The summed E-state index contributed by atoms with van der Waals surface area (Å²) in [5.74, 6) is 1.75. The predicted molar refractivity (Wildman–Crippen MR) is 86.2 cm³/mol. The molecule has 0 amide bonds. The molecule has 1 rings (SSSR count). The van der Waals surface area contributed by atoms with Crippen LogP contribution in [0.5, 0.6) is 0 Å². The molecule has 1 aromatic rings. The van der Waals surface area contributed by atoms with Crippen molar-refractivity contribution in [2.75, 3.05) is 6.61 Å². The first-order valence-electron chi connectivity index (χ1n) is 7.16. The van der Waals surface area contributed by atoms with E-state index in [0.29, 0.717) is 0 Å². The number of terminal acetylenes is 1. The molecule has 22 heavy (non-hydrogen) atoms. The number of benzene rings is 1. The first kappa shape index (κ1) is 18.8. The Labute approximate surface area is 132 Å². The molecular weight excluding hydrogens is 305 g/mol. The van der Waals surface area contributed by atoms with Crippen molar-refractivity contribution in [3.8, 4) is 12.3 Å². The van der Waals surface area contributed by atoms with E-state index in [-0.39, 0.29) is 17.2 Å². The Morgan fingerprint density at radius 1 is 1.18 bits per heavy atom. The van der Waals surface area contributed by atoms with Gasteiger partial charge in [0, 0.05) is 0 Å². The molecule has 5 heteroatoms. The van der Waals surface area contributed by atoms with E-state index in [1.165, 1.54) is 12.1 Å². The fraction of sp³-hybridized carbons (Fsp3) is 0.529. The maximum atomic E-state index is 13.1. The molecule has 0 radical (unpaired) electrons. The highest BCUT2D eigenvalue weighted by molar-refractivity contribution is 6.74. The van der Waals surface area contributed by atoms with Gasteiger partial charge in [-0.05, 0) is 29.8 Å². The van der Waals surface area contributed by atoms with E-state index in [1.54, 1.807) is 6.07 Å². The summed E-state index contributed by atoms with van der Waals surface area (Å²) >= 11 is 0. The Bertz CT molecular complexity index is 550. The second-order valence-corrected chi connectivity index (χ2v) is 11.7. The van der Waals surface area contributed by atoms with Gasteiger partial charge in [0.05, 0.1) is 18.1 Å². The summed E-state index contributed by atoms with van der Waals surface area (Å²) in [6.45, 7) is 10.4. The molecule has 0 spiro atoms. The van der Waals surface area contributed by atoms with Crippen LogP contribution < -0.4 is 0 Å². The number of alkyl halides is 3. The second-order valence-electron chi connectivity index (χ2n) is 6.88. The molecule has 1 nitrogen and oxygen atoms in total. The Kier molecular flexibility index (Phi) is 5.53. The third-order valence-corrected chi connectivity index (χ3v) is 8.76. The summed E-state index contributed by atoms with van der Waals surface area (Å²) in [6, 6.07) is 5.43. The van der Waals surface area contributed by atoms with E-state index in [2.05, 4.69) is 39.8 Å². The molecule has 122 valence electrons. The largest absolute Gasteiger partial charge is 0.416 e. The van der Waals surface area contributed by atoms with Crippen molar-refractivity contribution in [2.45, 2.75) is 51.0 Å². The molecule has 0 fully saturated rings. The first-order valence-corrected chi connectivity index (χ1v) is 10.1. The molecule has 0 saturated carbocycles. The monoisotopic (exact) mass is 328 g/mol. The van der Waals surface area contributed by atoms with Gasteiger partial charge < -0.3 is 4.43 Å². The van der Waals surface area contributed by atoms with Crippen molar-refractivity contribution in [1.82, 2.24) is 0 Å². The van der Waals surface area contributed by atoms with Crippen LogP contribution in [0.25, 0.3) is 0 Å². The van der Waals surface area contributed by atoms with Crippen LogP contribution in [0.1, 0.15) is 37.8 Å². The maximum Gasteiger partial charge on any atom is 0.416 e. The van der Waals surface area contributed by atoms with Crippen molar-refractivity contribution in [1.29, 1.82) is 0 Å². The van der Waals surface area contributed by atoms with Gasteiger partial charge in [0.2, 0.25) is 0 Å². The standard InChI is InChI=1S/C17H23F3OSi/c1-7-13(12-21-22(5,6)16(2,3)4)14-10-8-9-11-15(14)17(18,19)20/h1,8-11,13H,12H2,2-6H3. The molecule has 0 aliphatic rings. The van der Waals surface area contributed by atoms with E-state index >= 15 is 0 Å². The molecule has 0 aromatic heterocycles. The van der Waals surface area contributed by atoms with Gasteiger partial charge in [-0.2, -0.15) is 13.2 Å². The zero-order valence-electron chi connectivity index (χ0n) is 13.7. The average Bonchev–Trinajstić information content (AvgIpc) is 2.37. The lowest BCUT2D eigenvalue weighted by molar-refractivity contribution is -0.138. The number of halogens is 3. The number of hydrogen-bond donors (Lipinski definition) is 0. The minimum absolute atomic E-state index is 0.0182. The van der Waals surface area contributed by atoms with Crippen molar-refractivity contribution in [3.63, 3.8) is 0 Å². The van der Waals surface area contributed by atoms with Gasteiger partial charge in [0.25, 0.3) is 0 Å². The third kappa shape index (κ3) is 4.37. The molecular formula is C17H23F3OSi. The molecule has 1 aromatic carbocycles. The summed E-state index contributed by atoms with van der Waals surface area (Å²) in [6.07, 6.45) is 1.06. The van der Waals surface area contributed by atoms with Crippen LogP contribution in [0.3, 0.4) is 0 Å². The Balaban J connectivity index is 3.03. The quantitative estimate of drug-likeness (QED) is 0.528. The highest BCUT2D eigenvalue weighted by atomic mass is 28.4. The summed E-state index contributed by atoms with van der Waals surface area (Å²) in [4.78, 5) is 0. The predicted octanol–water partition coefficient (Wildman–Crippen LogP) is 5.44. The van der Waals surface area contributed by atoms with Gasteiger partial charge >= 0.3 is 6.18 Å². The minimum Gasteiger partial charge on any atom is -0.415 e. The molecule has 0 N–H and O–H groups in total. The van der Waals surface area contributed by atoms with Crippen LogP contribution in [0.2, 0.25) is 18.1 Å². The van der Waals surface area contributed by atoms with Crippen molar-refractivity contribution < 1.29 is 17.6 Å². The summed E-state index contributed by atoms with van der Waals surface area (Å²) in [7, 11) is -2.06. The Morgan fingerprint density at radius 2 is 1.73 bits per heavy atom. The zero-order valence-corrected chi connectivity index (χ0v) is 14.7. The smallest absolute Gasteiger partial charge is 0.415 e. The lowest BCUT2D eigenvalue weighted by Crippen LogP contribution is -2.41. The van der Waals surface area contributed by atoms with Crippen LogP contribution in [-0.4, -0.2) is 14.9 Å². The third-order valence-electron chi connectivity index (χ3n) is 4.26. The second kappa shape index (κ2) is 6.47. The van der Waals surface area contributed by atoms with Crippen molar-refractivity contribution in [3.05, 3.63) is 35.4 Å². The van der Waals surface area contributed by atoms with Gasteiger partial charge in [-0.1, -0.05) is 44.9 Å². The number of rotatable bonds is 4. The topological polar surface area (TPSA) is 9.23 Å². The average molecular weight is 328 g/mol. The normalized spacial score (nSPS) is 14.5. The highest BCUT2D eigenvalue weighted by Crippen LogP contribution is 2.39. The minimum atomic E-state index is -4.41. The van der Waals surface area contributed by atoms with E-state index in [0.717, 1.165) is 6.07 Å². The Morgan fingerprint density at radius 3 is 2.18 bits per heavy atom. The SMILES string of the molecule is C#CC(CO[Si](C)(C)C(C)(C)C)c1ccccc1C(F)(F)F. The van der Waals surface area contributed by atoms with Crippen LogP contribution in [0, 0.1) is 12.3 Å². The van der Waals surface area contributed by atoms with Crippen LogP contribution in [0.15, 0.2) is 24.3 Å². The van der Waals surface area contributed by atoms with E-state index < -0.39 is 26.0 Å². The fourth-order valence-corrected chi connectivity index (χ4v) is 2.81. The van der Waals surface area contributed by atoms with E-state index in [9.17, 15) is 13.2 Å². The van der Waals surface area contributed by atoms with Crippen LogP contribution >= 0.6 is 0 Å². The van der Waals surface area contributed by atoms with Crippen molar-refractivity contribution >= 4 is 8.32 Å². The summed E-state index contributed by atoms with van der Waals surface area (Å²) in [5.41, 5.74) is -0.576. The van der Waals surface area contributed by atoms with Crippen LogP contribution in [0.4, 0.5) is 13.2 Å². The lowest BCUT2D eigenvalue weighted by Gasteiger charge is -2.37. The van der Waals surface area contributed by atoms with E-state index in [4.69, 9.17) is 10.8 Å². The summed E-state index contributed by atoms with van der Waals surface area (Å²) < 4.78 is 45.3. The lowest BCUT2D eigenvalue weighted by atomic mass is 9.95. The van der Waals surface area contributed by atoms with Crippen molar-refractivity contribution in [2.24, 2.45) is 0 Å². The molecule has 0 aliphatic heterocycles. The summed E-state index contributed by atoms with van der Waals surface area (Å²) in [5, 5.41) is -0.0182. The fourth-order valence-electron chi connectivity index (χ4n) is 1.79. The molecule has 0 aliphatic carbocycles. The molecule has 1 atom stereocenters. The molecule has 0 saturated heterocycles. The van der Waals surface area contributed by atoms with E-state index in [1.807, 2.05) is 0 Å². The van der Waals surface area contributed by atoms with Gasteiger partial charge in [0.15, 0.2) is 8.32 Å². The van der Waals surface area contributed by atoms with Gasteiger partial charge in [0.1, 0.15) is 0 Å². The molecule has 0 heterocycles. The Hall–Kier alpha value is -1.25. The zero-order chi connectivity index (χ0) is 17.2. The van der Waals surface area contributed by atoms with Gasteiger partial charge in [-0.15, -0.1) is 6.42 Å². The first-order chi connectivity index (χ1) is 9.90. The number of hydrogen-bond acceptors (Lipinski definition) is 1. The molecule has 1 unspecified atom stereocenters.